The molecule has 0 saturated heterocycles. The fourth-order valence-corrected chi connectivity index (χ4v) is 1.96. The van der Waals surface area contributed by atoms with Crippen LogP contribution in [-0.4, -0.2) is 18.5 Å². The van der Waals surface area contributed by atoms with Crippen LogP contribution >= 0.6 is 0 Å². The summed E-state index contributed by atoms with van der Waals surface area (Å²) in [6.07, 6.45) is 0.428. The topological polar surface area (TPSA) is 50.4 Å². The van der Waals surface area contributed by atoms with Crippen molar-refractivity contribution < 1.29 is 9.53 Å². The third kappa shape index (κ3) is 5.22. The van der Waals surface area contributed by atoms with Crippen LogP contribution in [0.25, 0.3) is 0 Å². The van der Waals surface area contributed by atoms with Gasteiger partial charge in [0.15, 0.2) is 5.75 Å². The van der Waals surface area contributed by atoms with Gasteiger partial charge in [-0.3, -0.25) is 4.79 Å². The van der Waals surface area contributed by atoms with E-state index in [4.69, 9.17) is 4.74 Å². The summed E-state index contributed by atoms with van der Waals surface area (Å²) in [7, 11) is 0. The Labute approximate surface area is 131 Å². The maximum Gasteiger partial charge on any atom is 0.225 e. The monoisotopic (exact) mass is 298 g/mol. The number of anilines is 1. The van der Waals surface area contributed by atoms with Gasteiger partial charge in [0, 0.05) is 19.0 Å². The second kappa shape index (κ2) is 8.20. The van der Waals surface area contributed by atoms with E-state index in [1.54, 1.807) is 0 Å². The molecule has 22 heavy (non-hydrogen) atoms. The predicted octanol–water partition coefficient (Wildman–Crippen LogP) is 3.81. The van der Waals surface area contributed by atoms with Crippen molar-refractivity contribution >= 4 is 11.6 Å². The normalized spacial score (nSPS) is 10.5. The molecule has 0 radical (unpaired) electrons. The predicted molar refractivity (Wildman–Crippen MR) is 89.3 cm³/mol. The van der Waals surface area contributed by atoms with E-state index in [1.807, 2.05) is 54.6 Å². The van der Waals surface area contributed by atoms with Gasteiger partial charge < -0.3 is 15.4 Å². The molecule has 0 aliphatic carbocycles. The van der Waals surface area contributed by atoms with Gasteiger partial charge in [-0.2, -0.15) is 0 Å². The SMILES string of the molecule is CC(C)NCCC(=O)Nc1ccccc1Oc1ccccc1. The molecule has 0 unspecified atom stereocenters. The molecular formula is C18H22N2O2. The van der Waals surface area contributed by atoms with Gasteiger partial charge in [-0.15, -0.1) is 0 Å². The van der Waals surface area contributed by atoms with Gasteiger partial charge in [0.05, 0.1) is 5.69 Å². The van der Waals surface area contributed by atoms with Crippen LogP contribution in [0.15, 0.2) is 54.6 Å². The summed E-state index contributed by atoms with van der Waals surface area (Å²) in [5, 5.41) is 6.13. The quantitative estimate of drug-likeness (QED) is 0.817. The molecule has 2 N–H and O–H groups in total. The highest BCUT2D eigenvalue weighted by Crippen LogP contribution is 2.29. The van der Waals surface area contributed by atoms with Crippen LogP contribution < -0.4 is 15.4 Å². The number of para-hydroxylation sites is 3. The molecular weight excluding hydrogens is 276 g/mol. The number of carbonyl (C=O) groups is 1. The summed E-state index contributed by atoms with van der Waals surface area (Å²) in [4.78, 5) is 12.0. The Morgan fingerprint density at radius 3 is 2.45 bits per heavy atom. The molecule has 2 aromatic rings. The Morgan fingerprint density at radius 2 is 1.73 bits per heavy atom. The summed E-state index contributed by atoms with van der Waals surface area (Å²) < 4.78 is 5.82. The van der Waals surface area contributed by atoms with Gasteiger partial charge in [0.25, 0.3) is 0 Å². The van der Waals surface area contributed by atoms with Gasteiger partial charge in [-0.05, 0) is 24.3 Å². The minimum Gasteiger partial charge on any atom is -0.455 e. The molecule has 4 heteroatoms. The van der Waals surface area contributed by atoms with Crippen LogP contribution in [0.4, 0.5) is 5.69 Å². The second-order valence-corrected chi connectivity index (χ2v) is 5.32. The van der Waals surface area contributed by atoms with E-state index in [1.165, 1.54) is 0 Å². The molecule has 0 atom stereocenters. The minimum atomic E-state index is -0.0303. The van der Waals surface area contributed by atoms with Crippen LogP contribution in [-0.2, 0) is 4.79 Å². The van der Waals surface area contributed by atoms with E-state index < -0.39 is 0 Å². The number of nitrogens with one attached hydrogen (secondary N) is 2. The van der Waals surface area contributed by atoms with Crippen molar-refractivity contribution in [1.29, 1.82) is 0 Å². The zero-order valence-corrected chi connectivity index (χ0v) is 13.0. The van der Waals surface area contributed by atoms with E-state index in [2.05, 4.69) is 24.5 Å². The minimum absolute atomic E-state index is 0.0303. The van der Waals surface area contributed by atoms with Gasteiger partial charge in [-0.25, -0.2) is 0 Å². The number of hydrogen-bond acceptors (Lipinski definition) is 3. The number of benzene rings is 2. The Balaban J connectivity index is 1.98. The first-order valence-corrected chi connectivity index (χ1v) is 7.50. The second-order valence-electron chi connectivity index (χ2n) is 5.32. The average Bonchev–Trinajstić information content (AvgIpc) is 2.50. The Bertz CT molecular complexity index is 597. The molecule has 4 nitrogen and oxygen atoms in total. The van der Waals surface area contributed by atoms with Crippen molar-refractivity contribution in [3.63, 3.8) is 0 Å². The average molecular weight is 298 g/mol. The molecule has 2 rings (SSSR count). The molecule has 0 heterocycles. The van der Waals surface area contributed by atoms with Crippen molar-refractivity contribution in [2.75, 3.05) is 11.9 Å². The lowest BCUT2D eigenvalue weighted by molar-refractivity contribution is -0.116. The summed E-state index contributed by atoms with van der Waals surface area (Å²) in [5.41, 5.74) is 0.681. The van der Waals surface area contributed by atoms with Gasteiger partial charge >= 0.3 is 0 Å². The van der Waals surface area contributed by atoms with E-state index >= 15 is 0 Å². The van der Waals surface area contributed by atoms with Gasteiger partial charge in [-0.1, -0.05) is 44.2 Å². The fourth-order valence-electron chi connectivity index (χ4n) is 1.96. The Morgan fingerprint density at radius 1 is 1.05 bits per heavy atom. The van der Waals surface area contributed by atoms with Crippen molar-refractivity contribution in [3.05, 3.63) is 54.6 Å². The largest absolute Gasteiger partial charge is 0.455 e. The Kier molecular flexibility index (Phi) is 5.98. The van der Waals surface area contributed by atoms with Crippen molar-refractivity contribution in [1.82, 2.24) is 5.32 Å². The summed E-state index contributed by atoms with van der Waals surface area (Å²) >= 11 is 0. The molecule has 0 spiro atoms. The van der Waals surface area contributed by atoms with Crippen LogP contribution in [0.3, 0.4) is 0 Å². The smallest absolute Gasteiger partial charge is 0.225 e. The van der Waals surface area contributed by atoms with Crippen molar-refractivity contribution in [3.8, 4) is 11.5 Å². The van der Waals surface area contributed by atoms with Crippen LogP contribution in [0.2, 0.25) is 0 Å². The zero-order valence-electron chi connectivity index (χ0n) is 13.0. The molecule has 1 amide bonds. The van der Waals surface area contributed by atoms with Crippen LogP contribution in [0.1, 0.15) is 20.3 Å². The highest BCUT2D eigenvalue weighted by Gasteiger charge is 2.08. The molecule has 0 aliphatic heterocycles. The molecule has 0 bridgehead atoms. The number of hydrogen-bond donors (Lipinski definition) is 2. The standard InChI is InChI=1S/C18H22N2O2/c1-14(2)19-13-12-18(21)20-16-10-6-7-11-17(16)22-15-8-4-3-5-9-15/h3-11,14,19H,12-13H2,1-2H3,(H,20,21). The van der Waals surface area contributed by atoms with E-state index in [-0.39, 0.29) is 5.91 Å². The number of carbonyl (C=O) groups excluding carboxylic acids is 1. The van der Waals surface area contributed by atoms with E-state index in [0.717, 1.165) is 5.75 Å². The lowest BCUT2D eigenvalue weighted by atomic mass is 10.2. The fraction of sp³-hybridized carbons (Fsp3) is 0.278. The third-order valence-corrected chi connectivity index (χ3v) is 3.04. The number of ether oxygens (including phenoxy) is 1. The molecule has 0 fully saturated rings. The lowest BCUT2D eigenvalue weighted by Crippen LogP contribution is -2.27. The van der Waals surface area contributed by atoms with E-state index in [0.29, 0.717) is 30.4 Å². The van der Waals surface area contributed by atoms with Crippen molar-refractivity contribution in [2.45, 2.75) is 26.3 Å². The third-order valence-electron chi connectivity index (χ3n) is 3.04. The first kappa shape index (κ1) is 16.0. The molecule has 116 valence electrons. The highest BCUT2D eigenvalue weighted by molar-refractivity contribution is 5.92. The summed E-state index contributed by atoms with van der Waals surface area (Å²) in [5.74, 6) is 1.35. The molecule has 0 aliphatic rings. The number of rotatable bonds is 7. The van der Waals surface area contributed by atoms with Gasteiger partial charge in [0.1, 0.15) is 5.75 Å². The maximum absolute atomic E-state index is 12.0. The maximum atomic E-state index is 12.0. The first-order valence-electron chi connectivity index (χ1n) is 7.50. The molecule has 0 aromatic heterocycles. The highest BCUT2D eigenvalue weighted by atomic mass is 16.5. The van der Waals surface area contributed by atoms with Crippen LogP contribution in [0.5, 0.6) is 11.5 Å². The van der Waals surface area contributed by atoms with Gasteiger partial charge in [0.2, 0.25) is 5.91 Å². The van der Waals surface area contributed by atoms with E-state index in [9.17, 15) is 4.79 Å². The zero-order chi connectivity index (χ0) is 15.8. The van der Waals surface area contributed by atoms with Crippen molar-refractivity contribution in [2.24, 2.45) is 0 Å². The molecule has 2 aromatic carbocycles. The first-order chi connectivity index (χ1) is 10.6. The molecule has 0 saturated carbocycles. The lowest BCUT2D eigenvalue weighted by Gasteiger charge is -2.13. The number of amides is 1. The summed E-state index contributed by atoms with van der Waals surface area (Å²) in [6.45, 7) is 4.77. The van der Waals surface area contributed by atoms with Crippen LogP contribution in [0, 0.1) is 0 Å². The summed E-state index contributed by atoms with van der Waals surface area (Å²) in [6, 6.07) is 17.3. The Hall–Kier alpha value is -2.33.